The topological polar surface area (TPSA) is 52.9 Å². The van der Waals surface area contributed by atoms with Crippen molar-refractivity contribution < 1.29 is 4.79 Å². The summed E-state index contributed by atoms with van der Waals surface area (Å²) in [5.74, 6) is 1.31. The fourth-order valence-corrected chi connectivity index (χ4v) is 4.51. The van der Waals surface area contributed by atoms with Gasteiger partial charge < -0.3 is 5.32 Å². The van der Waals surface area contributed by atoms with Gasteiger partial charge in [-0.1, -0.05) is 39.0 Å². The van der Waals surface area contributed by atoms with Gasteiger partial charge in [0.05, 0.1) is 9.61 Å². The van der Waals surface area contributed by atoms with E-state index in [9.17, 15) is 4.79 Å². The van der Waals surface area contributed by atoms with Crippen molar-refractivity contribution in [3.63, 3.8) is 0 Å². The first-order chi connectivity index (χ1) is 8.58. The highest BCUT2D eigenvalue weighted by atomic mass is 32.2. The van der Waals surface area contributed by atoms with Crippen LogP contribution in [0.15, 0.2) is 9.81 Å². The molecule has 1 rings (SSSR count). The van der Waals surface area contributed by atoms with Crippen LogP contribution >= 0.6 is 23.5 Å². The monoisotopic (exact) mass is 284 g/mol. The van der Waals surface area contributed by atoms with Crippen molar-refractivity contribution in [1.82, 2.24) is 5.32 Å². The van der Waals surface area contributed by atoms with Crippen LogP contribution in [0, 0.1) is 17.2 Å². The molecule has 0 spiro atoms. The van der Waals surface area contributed by atoms with Crippen LogP contribution in [-0.4, -0.2) is 17.0 Å². The lowest BCUT2D eigenvalue weighted by Crippen LogP contribution is -2.37. The van der Waals surface area contributed by atoms with E-state index in [1.165, 1.54) is 0 Å². The highest BCUT2D eigenvalue weighted by Crippen LogP contribution is 2.39. The fraction of sp³-hybridized carbons (Fsp3) is 0.692. The molecule has 0 aromatic heterocycles. The van der Waals surface area contributed by atoms with Crippen LogP contribution in [-0.2, 0) is 4.79 Å². The Morgan fingerprint density at radius 2 is 2.28 bits per heavy atom. The van der Waals surface area contributed by atoms with E-state index in [0.29, 0.717) is 11.5 Å². The molecular weight excluding hydrogens is 264 g/mol. The molecule has 0 fully saturated rings. The number of nitriles is 1. The summed E-state index contributed by atoms with van der Waals surface area (Å²) in [5, 5.41) is 12.1. The molecule has 0 aromatic rings. The Hall–Kier alpha value is -0.600. The van der Waals surface area contributed by atoms with Gasteiger partial charge in [-0.05, 0) is 24.5 Å². The number of hydrogen-bond donors (Lipinski definition) is 1. The smallest absolute Gasteiger partial charge is 0.264 e. The van der Waals surface area contributed by atoms with Gasteiger partial charge in [0.2, 0.25) is 0 Å². The fourth-order valence-electron chi connectivity index (χ4n) is 1.58. The first-order valence-corrected chi connectivity index (χ1v) is 8.19. The maximum Gasteiger partial charge on any atom is 0.264 e. The van der Waals surface area contributed by atoms with Gasteiger partial charge in [0, 0.05) is 0 Å². The number of unbranched alkanes of at least 4 members (excludes halogenated alkanes) is 1. The summed E-state index contributed by atoms with van der Waals surface area (Å²) in [5.41, 5.74) is 0.293. The van der Waals surface area contributed by atoms with Crippen molar-refractivity contribution in [2.24, 2.45) is 5.92 Å². The number of nitrogens with one attached hydrogen (secondary N) is 1. The molecular formula is C13H20N2OS2. The van der Waals surface area contributed by atoms with E-state index in [1.54, 1.807) is 23.5 Å². The Labute approximate surface area is 118 Å². The average Bonchev–Trinajstić information content (AvgIpc) is 2.28. The average molecular weight is 284 g/mol. The third kappa shape index (κ3) is 4.58. The molecule has 0 aliphatic carbocycles. The predicted molar refractivity (Wildman–Crippen MR) is 79.0 cm³/mol. The second kappa shape index (κ2) is 7.75. The minimum absolute atomic E-state index is 0.110. The number of carbonyl (C=O) groups is 1. The summed E-state index contributed by atoms with van der Waals surface area (Å²) >= 11 is 3.28. The van der Waals surface area contributed by atoms with Crippen LogP contribution in [0.4, 0.5) is 0 Å². The second-order valence-corrected chi connectivity index (χ2v) is 7.26. The Balaban J connectivity index is 2.72. The lowest BCUT2D eigenvalue weighted by molar-refractivity contribution is -0.117. The molecule has 1 heterocycles. The number of carbonyl (C=O) groups excluding carboxylic acids is 1. The molecule has 1 aliphatic heterocycles. The molecule has 1 N–H and O–H groups in total. The van der Waals surface area contributed by atoms with Crippen LogP contribution in [0.25, 0.3) is 0 Å². The van der Waals surface area contributed by atoms with Gasteiger partial charge in [0.1, 0.15) is 11.6 Å². The maximum atomic E-state index is 11.8. The van der Waals surface area contributed by atoms with Crippen molar-refractivity contribution in [3.05, 3.63) is 9.81 Å². The highest BCUT2D eigenvalue weighted by molar-refractivity contribution is 8.22. The molecule has 0 saturated carbocycles. The number of thioether (sulfide) groups is 2. The molecule has 1 atom stereocenters. The number of amides is 1. The van der Waals surface area contributed by atoms with Gasteiger partial charge in [0.15, 0.2) is 0 Å². The summed E-state index contributed by atoms with van der Waals surface area (Å²) in [7, 11) is 0. The van der Waals surface area contributed by atoms with E-state index in [1.807, 2.05) is 6.07 Å². The Morgan fingerprint density at radius 1 is 1.56 bits per heavy atom. The van der Waals surface area contributed by atoms with Crippen molar-refractivity contribution in [1.29, 1.82) is 5.26 Å². The van der Waals surface area contributed by atoms with E-state index in [4.69, 9.17) is 5.26 Å². The van der Waals surface area contributed by atoms with Crippen LogP contribution in [0.2, 0.25) is 0 Å². The van der Waals surface area contributed by atoms with Crippen molar-refractivity contribution in [3.8, 4) is 6.07 Å². The predicted octanol–water partition coefficient (Wildman–Crippen LogP) is 3.49. The molecule has 18 heavy (non-hydrogen) atoms. The molecule has 1 aliphatic rings. The first-order valence-electron chi connectivity index (χ1n) is 6.33. The van der Waals surface area contributed by atoms with E-state index < -0.39 is 0 Å². The Morgan fingerprint density at radius 3 is 2.83 bits per heavy atom. The highest BCUT2D eigenvalue weighted by Gasteiger charge is 2.28. The first kappa shape index (κ1) is 15.5. The molecule has 0 saturated heterocycles. The number of rotatable bonds is 6. The lowest BCUT2D eigenvalue weighted by atomic mass is 10.1. The van der Waals surface area contributed by atoms with Crippen molar-refractivity contribution in [2.45, 2.75) is 45.4 Å². The molecule has 5 heteroatoms. The van der Waals surface area contributed by atoms with Crippen molar-refractivity contribution in [2.75, 3.05) is 5.75 Å². The zero-order valence-electron chi connectivity index (χ0n) is 11.2. The lowest BCUT2D eigenvalue weighted by Gasteiger charge is -2.26. The SMILES string of the molecule is CCCCSC1=C(C#N)C(=O)N[C@H](CC(C)C)S1. The van der Waals surface area contributed by atoms with Gasteiger partial charge in [-0.25, -0.2) is 0 Å². The molecule has 0 aromatic carbocycles. The standard InChI is InChI=1S/C13H20N2OS2/c1-4-5-6-17-13-10(8-14)12(16)15-11(18-13)7-9(2)3/h9,11H,4-7H2,1-3H3,(H,15,16)/t11-/m0/s1. The van der Waals surface area contributed by atoms with Gasteiger partial charge in [-0.2, -0.15) is 5.26 Å². The molecule has 1 amide bonds. The van der Waals surface area contributed by atoms with E-state index in [-0.39, 0.29) is 11.3 Å². The van der Waals surface area contributed by atoms with Gasteiger partial charge in [0.25, 0.3) is 5.91 Å². The summed E-state index contributed by atoms with van der Waals surface area (Å²) < 4.78 is 0.903. The maximum absolute atomic E-state index is 11.8. The quantitative estimate of drug-likeness (QED) is 0.759. The molecule has 0 radical (unpaired) electrons. The van der Waals surface area contributed by atoms with E-state index in [2.05, 4.69) is 26.1 Å². The minimum atomic E-state index is -0.208. The minimum Gasteiger partial charge on any atom is -0.339 e. The van der Waals surface area contributed by atoms with Crippen LogP contribution in [0.1, 0.15) is 40.0 Å². The third-order valence-corrected chi connectivity index (χ3v) is 5.12. The van der Waals surface area contributed by atoms with Crippen LogP contribution in [0.3, 0.4) is 0 Å². The molecule has 3 nitrogen and oxygen atoms in total. The summed E-state index contributed by atoms with van der Waals surface area (Å²) in [6.07, 6.45) is 3.19. The summed E-state index contributed by atoms with van der Waals surface area (Å²) in [6, 6.07) is 2.03. The normalized spacial score (nSPS) is 19.9. The molecule has 0 unspecified atom stereocenters. The Bertz CT molecular complexity index is 372. The third-order valence-electron chi connectivity index (χ3n) is 2.50. The summed E-state index contributed by atoms with van der Waals surface area (Å²) in [4.78, 5) is 11.8. The Kier molecular flexibility index (Phi) is 6.66. The number of hydrogen-bond acceptors (Lipinski definition) is 4. The van der Waals surface area contributed by atoms with Gasteiger partial charge in [-0.15, -0.1) is 11.8 Å². The largest absolute Gasteiger partial charge is 0.339 e. The second-order valence-electron chi connectivity index (χ2n) is 4.69. The van der Waals surface area contributed by atoms with Gasteiger partial charge >= 0.3 is 0 Å². The molecule has 100 valence electrons. The van der Waals surface area contributed by atoms with Crippen molar-refractivity contribution >= 4 is 29.4 Å². The van der Waals surface area contributed by atoms with Gasteiger partial charge in [-0.3, -0.25) is 4.79 Å². The van der Waals surface area contributed by atoms with E-state index in [0.717, 1.165) is 29.3 Å². The summed E-state index contributed by atoms with van der Waals surface area (Å²) in [6.45, 7) is 6.42. The zero-order chi connectivity index (χ0) is 13.5. The van der Waals surface area contributed by atoms with Crippen LogP contribution in [0.5, 0.6) is 0 Å². The zero-order valence-corrected chi connectivity index (χ0v) is 12.8. The van der Waals surface area contributed by atoms with E-state index >= 15 is 0 Å². The number of nitrogens with zero attached hydrogens (tertiary/aromatic N) is 1. The van der Waals surface area contributed by atoms with Crippen LogP contribution < -0.4 is 5.32 Å². The molecule has 0 bridgehead atoms.